The van der Waals surface area contributed by atoms with Crippen molar-refractivity contribution >= 4 is 11.8 Å². The molecule has 5 aliphatic rings. The molecule has 14 heteroatoms. The highest BCUT2D eigenvalue weighted by atomic mass is 19.3. The van der Waals surface area contributed by atoms with Gasteiger partial charge in [-0.05, 0) is 92.6 Å². The van der Waals surface area contributed by atoms with Crippen molar-refractivity contribution in [3.8, 4) is 11.3 Å². The van der Waals surface area contributed by atoms with Crippen molar-refractivity contribution < 1.29 is 36.6 Å². The lowest BCUT2D eigenvalue weighted by molar-refractivity contribution is -0.190. The summed E-state index contributed by atoms with van der Waals surface area (Å²) in [5.41, 5.74) is 0.679. The number of nitrogens with one attached hydrogen (secondary N) is 4. The third kappa shape index (κ3) is 8.20. The number of amides is 2. The number of H-pyrrole nitrogens is 2. The minimum Gasteiger partial charge on any atom is -0.359 e. The van der Waals surface area contributed by atoms with Crippen LogP contribution in [0.3, 0.4) is 0 Å². The molecule has 0 unspecified atom stereocenters. The second-order valence-corrected chi connectivity index (χ2v) is 20.3. The molecule has 3 aliphatic carbocycles. The SMILES string of the molecule is CC(C)(C)[C@H](NC(=O)[C@@]1(C)CCC(F)(F)CO1)c1ncc(-c2ccc(C34CCC(c5cnc([C@@H](NC(=O)[C@]6(C)CCC(F)(F)CO6)C(C)(C)C)[nH]5)(CC3)CC4)cc2)[nH]1. The number of carbonyl (C=O) groups is 2. The lowest BCUT2D eigenvalue weighted by Gasteiger charge is -2.53. The Morgan fingerprint density at radius 1 is 0.638 bits per heavy atom. The highest BCUT2D eigenvalue weighted by Gasteiger charge is 2.52. The van der Waals surface area contributed by atoms with E-state index in [0.29, 0.717) is 11.6 Å². The van der Waals surface area contributed by atoms with E-state index in [1.807, 2.05) is 47.7 Å². The van der Waals surface area contributed by atoms with Gasteiger partial charge < -0.3 is 30.1 Å². The van der Waals surface area contributed by atoms with Gasteiger partial charge >= 0.3 is 0 Å². The topological polar surface area (TPSA) is 134 Å². The number of nitrogens with zero attached hydrogens (tertiary/aromatic N) is 2. The number of imidazole rings is 2. The molecule has 10 nitrogen and oxygen atoms in total. The minimum absolute atomic E-state index is 0.0413. The van der Waals surface area contributed by atoms with Crippen molar-refractivity contribution in [2.45, 2.75) is 166 Å². The summed E-state index contributed by atoms with van der Waals surface area (Å²) in [5, 5.41) is 6.14. The highest BCUT2D eigenvalue weighted by Crippen LogP contribution is 2.58. The molecule has 2 bridgehead atoms. The third-order valence-corrected chi connectivity index (χ3v) is 13.7. The molecule has 0 spiro atoms. The first-order valence-electron chi connectivity index (χ1n) is 20.7. The Balaban J connectivity index is 1.01. The molecule has 4 atom stereocenters. The van der Waals surface area contributed by atoms with E-state index >= 15 is 0 Å². The molecule has 2 aliphatic heterocycles. The number of alkyl halides is 4. The van der Waals surface area contributed by atoms with Crippen LogP contribution in [0.1, 0.15) is 155 Å². The van der Waals surface area contributed by atoms with E-state index < -0.39 is 83.8 Å². The summed E-state index contributed by atoms with van der Waals surface area (Å²) in [6.07, 6.45) is 8.85. The summed E-state index contributed by atoms with van der Waals surface area (Å²) < 4.78 is 66.1. The minimum atomic E-state index is -2.93. The Morgan fingerprint density at radius 3 is 1.50 bits per heavy atom. The standard InChI is InChI=1S/C44H60F4N6O4/c1-37(2,3)31(53-35(55)39(7)13-21-43(45,46)25-57-39)33-49-23-29(51-33)27-9-11-28(12-10-27)41-15-18-42(19-16-41,20-17-41)30-24-50-34(52-30)32(38(4,5)6)54-36(56)40(8)14-22-44(47,48)26-58-40/h9-12,23-24,31-32H,13-22,25-26H2,1-8H3,(H,49,51)(H,50,52)(H,53,55)(H,54,56)/t31-,32-,39-,40+,41?,42?/m1/s1. The summed E-state index contributed by atoms with van der Waals surface area (Å²) in [4.78, 5) is 43.4. The highest BCUT2D eigenvalue weighted by molar-refractivity contribution is 5.86. The number of fused-ring (bicyclic) bond motifs is 3. The average molecular weight is 813 g/mol. The number of rotatable bonds is 9. The van der Waals surface area contributed by atoms with Crippen LogP contribution >= 0.6 is 0 Å². The van der Waals surface area contributed by atoms with Gasteiger partial charge in [0.2, 0.25) is 0 Å². The quantitative estimate of drug-likeness (QED) is 0.159. The summed E-state index contributed by atoms with van der Waals surface area (Å²) in [7, 11) is 0. The first-order valence-corrected chi connectivity index (χ1v) is 20.7. The number of aromatic amines is 2. The molecule has 3 aromatic rings. The zero-order valence-electron chi connectivity index (χ0n) is 35.1. The average Bonchev–Trinajstić information content (AvgIpc) is 3.87. The fourth-order valence-corrected chi connectivity index (χ4v) is 9.39. The maximum Gasteiger partial charge on any atom is 0.271 e. The Kier molecular flexibility index (Phi) is 10.5. The zero-order valence-corrected chi connectivity index (χ0v) is 35.1. The number of carbonyl (C=O) groups excluding carboxylic acids is 2. The van der Waals surface area contributed by atoms with Crippen LogP contribution < -0.4 is 10.6 Å². The summed E-state index contributed by atoms with van der Waals surface area (Å²) in [6, 6.07) is 7.69. The van der Waals surface area contributed by atoms with E-state index in [-0.39, 0.29) is 23.7 Å². The van der Waals surface area contributed by atoms with Gasteiger partial charge in [0, 0.05) is 30.1 Å². The Hall–Kier alpha value is -3.78. The molecule has 318 valence electrons. The largest absolute Gasteiger partial charge is 0.359 e. The molecule has 4 N–H and O–H groups in total. The molecule has 3 saturated carbocycles. The van der Waals surface area contributed by atoms with E-state index in [2.05, 4.69) is 49.9 Å². The van der Waals surface area contributed by atoms with E-state index in [4.69, 9.17) is 14.5 Å². The van der Waals surface area contributed by atoms with E-state index in [9.17, 15) is 27.2 Å². The van der Waals surface area contributed by atoms with Crippen LogP contribution in [0.5, 0.6) is 0 Å². The molecule has 5 fully saturated rings. The number of hydrogen-bond acceptors (Lipinski definition) is 6. The normalized spacial score (nSPS) is 30.7. The Labute approximate surface area is 338 Å². The monoisotopic (exact) mass is 812 g/mol. The molecule has 58 heavy (non-hydrogen) atoms. The Bertz CT molecular complexity index is 1950. The van der Waals surface area contributed by atoms with Crippen molar-refractivity contribution in [1.82, 2.24) is 30.6 Å². The van der Waals surface area contributed by atoms with Crippen molar-refractivity contribution in [3.63, 3.8) is 0 Å². The Morgan fingerprint density at radius 2 is 1.07 bits per heavy atom. The molecular formula is C44H60F4N6O4. The van der Waals surface area contributed by atoms with Crippen LogP contribution in [0.4, 0.5) is 17.6 Å². The maximum absolute atomic E-state index is 13.8. The summed E-state index contributed by atoms with van der Waals surface area (Å²) in [6.45, 7) is 13.6. The maximum atomic E-state index is 13.8. The second-order valence-electron chi connectivity index (χ2n) is 20.3. The van der Waals surface area contributed by atoms with Gasteiger partial charge in [-0.25, -0.2) is 27.5 Å². The molecule has 2 saturated heterocycles. The zero-order chi connectivity index (χ0) is 42.2. The molecule has 1 aromatic carbocycles. The van der Waals surface area contributed by atoms with Crippen molar-refractivity contribution in [2.75, 3.05) is 13.2 Å². The summed E-state index contributed by atoms with van der Waals surface area (Å²) in [5.74, 6) is -5.46. The number of halogens is 4. The first kappa shape index (κ1) is 42.3. The van der Waals surface area contributed by atoms with Gasteiger partial charge in [-0.1, -0.05) is 65.8 Å². The van der Waals surface area contributed by atoms with Gasteiger partial charge in [0.05, 0.1) is 24.0 Å². The van der Waals surface area contributed by atoms with Crippen molar-refractivity contribution in [1.29, 1.82) is 0 Å². The number of aromatic nitrogens is 4. The third-order valence-electron chi connectivity index (χ3n) is 13.7. The van der Waals surface area contributed by atoms with Crippen LogP contribution in [0.2, 0.25) is 0 Å². The first-order chi connectivity index (χ1) is 26.9. The van der Waals surface area contributed by atoms with Crippen LogP contribution in [0.15, 0.2) is 36.7 Å². The molecule has 2 amide bonds. The smallest absolute Gasteiger partial charge is 0.271 e. The summed E-state index contributed by atoms with van der Waals surface area (Å²) >= 11 is 0. The van der Waals surface area contributed by atoms with Gasteiger partial charge in [-0.15, -0.1) is 0 Å². The number of benzene rings is 1. The van der Waals surface area contributed by atoms with Gasteiger partial charge in [0.15, 0.2) is 0 Å². The fourth-order valence-electron chi connectivity index (χ4n) is 9.39. The van der Waals surface area contributed by atoms with Gasteiger partial charge in [0.25, 0.3) is 23.7 Å². The second kappa shape index (κ2) is 14.4. The number of hydrogen-bond donors (Lipinski definition) is 4. The van der Waals surface area contributed by atoms with E-state index in [1.165, 1.54) is 5.56 Å². The van der Waals surface area contributed by atoms with Gasteiger partial charge in [0.1, 0.15) is 36.1 Å². The molecule has 0 radical (unpaired) electrons. The van der Waals surface area contributed by atoms with Crippen molar-refractivity contribution in [2.24, 2.45) is 10.8 Å². The van der Waals surface area contributed by atoms with Crippen LogP contribution in [0, 0.1) is 10.8 Å². The number of ether oxygens (including phenoxy) is 2. The van der Waals surface area contributed by atoms with Gasteiger partial charge in [-0.3, -0.25) is 9.59 Å². The predicted octanol–water partition coefficient (Wildman–Crippen LogP) is 9.16. The van der Waals surface area contributed by atoms with E-state index in [1.54, 1.807) is 20.0 Å². The van der Waals surface area contributed by atoms with Crippen LogP contribution in [-0.4, -0.2) is 68.0 Å². The molecule has 8 rings (SSSR count). The lowest BCUT2D eigenvalue weighted by atomic mass is 9.51. The molecular weight excluding hydrogens is 753 g/mol. The van der Waals surface area contributed by atoms with Gasteiger partial charge in [-0.2, -0.15) is 0 Å². The molecule has 4 heterocycles. The predicted molar refractivity (Wildman–Crippen MR) is 211 cm³/mol. The lowest BCUT2D eigenvalue weighted by Crippen LogP contribution is -2.54. The fraction of sp³-hybridized carbons (Fsp3) is 0.682. The van der Waals surface area contributed by atoms with Crippen molar-refractivity contribution in [3.05, 3.63) is 59.6 Å². The van der Waals surface area contributed by atoms with Crippen LogP contribution in [-0.2, 0) is 29.9 Å². The van der Waals surface area contributed by atoms with Crippen LogP contribution in [0.25, 0.3) is 11.3 Å². The molecule has 2 aromatic heterocycles. The van der Waals surface area contributed by atoms with E-state index in [0.717, 1.165) is 55.5 Å².